The Kier molecular flexibility index (Phi) is 7.25. The van der Waals surface area contributed by atoms with E-state index >= 15 is 0 Å². The summed E-state index contributed by atoms with van der Waals surface area (Å²) in [6.07, 6.45) is 1.08. The molecule has 0 aliphatic carbocycles. The molecule has 0 aliphatic rings. The van der Waals surface area contributed by atoms with Gasteiger partial charge in [0.15, 0.2) is 5.78 Å². The monoisotopic (exact) mass is 462 g/mol. The van der Waals surface area contributed by atoms with Crippen molar-refractivity contribution in [1.82, 2.24) is 9.88 Å². The van der Waals surface area contributed by atoms with Crippen molar-refractivity contribution < 1.29 is 19.1 Å². The summed E-state index contributed by atoms with van der Waals surface area (Å²) in [5.41, 5.74) is 2.99. The van der Waals surface area contributed by atoms with Gasteiger partial charge < -0.3 is 19.4 Å². The molecule has 1 heterocycles. The lowest BCUT2D eigenvalue weighted by Crippen LogP contribution is -2.32. The Morgan fingerprint density at radius 1 is 1.00 bits per heavy atom. The number of methoxy groups -OCH3 is 1. The molecule has 7 nitrogen and oxygen atoms in total. The fourth-order valence-corrected chi connectivity index (χ4v) is 3.47. The number of nitrogens with zero attached hydrogens (tertiary/aromatic N) is 1. The van der Waals surface area contributed by atoms with E-state index in [0.717, 1.165) is 5.56 Å². The molecular weight excluding hydrogens is 432 g/mol. The van der Waals surface area contributed by atoms with Crippen LogP contribution in [0.4, 0.5) is 4.79 Å². The number of pyridine rings is 1. The molecule has 3 rings (SSSR count). The van der Waals surface area contributed by atoms with E-state index in [2.05, 4.69) is 5.32 Å². The number of aryl methyl sites for hydroxylation is 2. The molecule has 2 aromatic carbocycles. The van der Waals surface area contributed by atoms with Crippen LogP contribution in [0.15, 0.2) is 59.5 Å². The van der Waals surface area contributed by atoms with Crippen LogP contribution in [0.5, 0.6) is 5.75 Å². The summed E-state index contributed by atoms with van der Waals surface area (Å²) in [4.78, 5) is 38.1. The summed E-state index contributed by atoms with van der Waals surface area (Å²) in [6, 6.07) is 14.0. The smallest absolute Gasteiger partial charge is 0.407 e. The summed E-state index contributed by atoms with van der Waals surface area (Å²) in [7, 11) is 3.18. The van der Waals surface area contributed by atoms with Gasteiger partial charge in [0.2, 0.25) is 0 Å². The molecule has 0 fully saturated rings. The fourth-order valence-electron chi connectivity index (χ4n) is 3.47. The van der Waals surface area contributed by atoms with E-state index < -0.39 is 11.7 Å². The average Bonchev–Trinajstić information content (AvgIpc) is 2.78. The van der Waals surface area contributed by atoms with Crippen molar-refractivity contribution in [3.63, 3.8) is 0 Å². The van der Waals surface area contributed by atoms with E-state index in [1.807, 2.05) is 19.1 Å². The number of carbonyl (C=O) groups excluding carboxylic acids is 2. The van der Waals surface area contributed by atoms with Gasteiger partial charge >= 0.3 is 6.09 Å². The largest absolute Gasteiger partial charge is 0.497 e. The van der Waals surface area contributed by atoms with Crippen molar-refractivity contribution in [2.24, 2.45) is 7.05 Å². The molecule has 0 saturated heterocycles. The van der Waals surface area contributed by atoms with Crippen LogP contribution in [0, 0.1) is 6.92 Å². The highest BCUT2D eigenvalue weighted by Gasteiger charge is 2.20. The van der Waals surface area contributed by atoms with Crippen molar-refractivity contribution in [3.05, 3.63) is 87.3 Å². The predicted octanol–water partition coefficient (Wildman–Crippen LogP) is 4.63. The van der Waals surface area contributed by atoms with E-state index in [-0.39, 0.29) is 17.9 Å². The van der Waals surface area contributed by atoms with Crippen molar-refractivity contribution in [2.75, 3.05) is 7.11 Å². The molecule has 0 spiro atoms. The molecule has 178 valence electrons. The number of amides is 1. The maximum Gasteiger partial charge on any atom is 0.407 e. The van der Waals surface area contributed by atoms with Crippen LogP contribution >= 0.6 is 0 Å². The fraction of sp³-hybridized carbons (Fsp3) is 0.296. The Bertz CT molecular complexity index is 1270. The van der Waals surface area contributed by atoms with Crippen molar-refractivity contribution in [3.8, 4) is 16.9 Å². The summed E-state index contributed by atoms with van der Waals surface area (Å²) in [5, 5.41) is 2.70. The second-order valence-electron chi connectivity index (χ2n) is 9.12. The first-order chi connectivity index (χ1) is 16.0. The van der Waals surface area contributed by atoms with Gasteiger partial charge in [-0.1, -0.05) is 29.8 Å². The SMILES string of the molecule is COc1ccc(-c2cn(C)c(=O)cc2CNC(=O)OC(C)(C)C)c(C(=O)c2ccc(C)cc2)c1. The van der Waals surface area contributed by atoms with Crippen LogP contribution < -0.4 is 15.6 Å². The highest BCUT2D eigenvalue weighted by Crippen LogP contribution is 2.31. The number of nitrogens with one attached hydrogen (secondary N) is 1. The third-order valence-corrected chi connectivity index (χ3v) is 5.21. The van der Waals surface area contributed by atoms with E-state index in [1.54, 1.807) is 64.3 Å². The number of ketones is 1. The molecule has 0 aliphatic heterocycles. The van der Waals surface area contributed by atoms with Gasteiger partial charge in [-0.15, -0.1) is 0 Å². The molecule has 0 saturated carbocycles. The quantitative estimate of drug-likeness (QED) is 0.540. The number of aromatic nitrogens is 1. The van der Waals surface area contributed by atoms with Crippen LogP contribution in [0.1, 0.15) is 47.8 Å². The zero-order valence-electron chi connectivity index (χ0n) is 20.4. The first-order valence-electron chi connectivity index (χ1n) is 10.9. The van der Waals surface area contributed by atoms with Crippen LogP contribution in [0.25, 0.3) is 11.1 Å². The van der Waals surface area contributed by atoms with Crippen molar-refractivity contribution >= 4 is 11.9 Å². The van der Waals surface area contributed by atoms with Gasteiger partial charge in [-0.3, -0.25) is 9.59 Å². The molecule has 0 radical (unpaired) electrons. The molecular formula is C27H30N2O5. The minimum atomic E-state index is -0.649. The lowest BCUT2D eigenvalue weighted by molar-refractivity contribution is 0.0523. The van der Waals surface area contributed by atoms with Crippen molar-refractivity contribution in [1.29, 1.82) is 0 Å². The predicted molar refractivity (Wildman–Crippen MR) is 131 cm³/mol. The second-order valence-corrected chi connectivity index (χ2v) is 9.12. The molecule has 1 amide bonds. The lowest BCUT2D eigenvalue weighted by Gasteiger charge is -2.20. The Labute approximate surface area is 199 Å². The molecule has 0 bridgehead atoms. The first kappa shape index (κ1) is 24.8. The molecule has 1 N–H and O–H groups in total. The van der Waals surface area contributed by atoms with Gasteiger partial charge in [0, 0.05) is 42.5 Å². The highest BCUT2D eigenvalue weighted by molar-refractivity contribution is 6.13. The number of hydrogen-bond donors (Lipinski definition) is 1. The summed E-state index contributed by atoms with van der Waals surface area (Å²) in [6.45, 7) is 7.34. The van der Waals surface area contributed by atoms with Crippen LogP contribution in [0.3, 0.4) is 0 Å². The molecule has 1 aromatic heterocycles. The Hall–Kier alpha value is -3.87. The number of rotatable bonds is 6. The normalized spacial score (nSPS) is 11.1. The number of ether oxygens (including phenoxy) is 2. The third kappa shape index (κ3) is 5.92. The third-order valence-electron chi connectivity index (χ3n) is 5.21. The average molecular weight is 463 g/mol. The maximum atomic E-state index is 13.5. The van der Waals surface area contributed by atoms with Crippen LogP contribution in [-0.2, 0) is 18.3 Å². The van der Waals surface area contributed by atoms with E-state index in [9.17, 15) is 14.4 Å². The van der Waals surface area contributed by atoms with Crippen LogP contribution in [-0.4, -0.2) is 29.2 Å². The standard InChI is InChI=1S/C27H30N2O5/c1-17-7-9-18(10-8-17)25(31)22-14-20(33-6)11-12-21(22)23-16-29(5)24(30)13-19(23)15-28-26(32)34-27(2,3)4/h7-14,16H,15H2,1-6H3,(H,28,32). The minimum absolute atomic E-state index is 0.0600. The first-order valence-corrected chi connectivity index (χ1v) is 10.9. The maximum absolute atomic E-state index is 13.5. The van der Waals surface area contributed by atoms with E-state index in [1.165, 1.54) is 17.7 Å². The minimum Gasteiger partial charge on any atom is -0.497 e. The molecule has 0 atom stereocenters. The molecule has 7 heteroatoms. The van der Waals surface area contributed by atoms with Gasteiger partial charge in [0.1, 0.15) is 11.4 Å². The van der Waals surface area contributed by atoms with E-state index in [4.69, 9.17) is 9.47 Å². The number of benzene rings is 2. The summed E-state index contributed by atoms with van der Waals surface area (Å²) < 4.78 is 12.1. The second kappa shape index (κ2) is 9.95. The molecule has 3 aromatic rings. The zero-order chi connectivity index (χ0) is 25.0. The number of carbonyl (C=O) groups is 2. The van der Waals surface area contributed by atoms with Gasteiger partial charge in [0.05, 0.1) is 7.11 Å². The summed E-state index contributed by atoms with van der Waals surface area (Å²) in [5.74, 6) is 0.367. The van der Waals surface area contributed by atoms with Gasteiger partial charge in [-0.2, -0.15) is 0 Å². The molecule has 0 unspecified atom stereocenters. The van der Waals surface area contributed by atoms with Gasteiger partial charge in [-0.05, 0) is 57.0 Å². The van der Waals surface area contributed by atoms with Crippen molar-refractivity contribution in [2.45, 2.75) is 39.8 Å². The Balaban J connectivity index is 2.09. The van der Waals surface area contributed by atoms with E-state index in [0.29, 0.717) is 33.6 Å². The van der Waals surface area contributed by atoms with Gasteiger partial charge in [0.25, 0.3) is 5.56 Å². The zero-order valence-corrected chi connectivity index (χ0v) is 20.4. The summed E-state index contributed by atoms with van der Waals surface area (Å²) >= 11 is 0. The highest BCUT2D eigenvalue weighted by atomic mass is 16.6. The molecule has 34 heavy (non-hydrogen) atoms. The Morgan fingerprint density at radius 2 is 1.68 bits per heavy atom. The number of hydrogen-bond acceptors (Lipinski definition) is 5. The lowest BCUT2D eigenvalue weighted by atomic mass is 9.91. The van der Waals surface area contributed by atoms with Gasteiger partial charge in [-0.25, -0.2) is 4.79 Å². The van der Waals surface area contributed by atoms with Crippen LogP contribution in [0.2, 0.25) is 0 Å². The number of alkyl carbamates (subject to hydrolysis) is 1. The Morgan fingerprint density at radius 3 is 2.29 bits per heavy atom. The topological polar surface area (TPSA) is 86.6 Å².